The van der Waals surface area contributed by atoms with E-state index in [0.717, 1.165) is 43.7 Å². The van der Waals surface area contributed by atoms with E-state index in [4.69, 9.17) is 14.6 Å². The predicted molar refractivity (Wildman–Crippen MR) is 117 cm³/mol. The molecule has 0 atom stereocenters. The number of hydrogen-bond donors (Lipinski definition) is 1. The van der Waals surface area contributed by atoms with Crippen molar-refractivity contribution in [2.75, 3.05) is 32.8 Å². The third kappa shape index (κ3) is 7.84. The molecule has 2 heterocycles. The normalized spacial score (nSPS) is 16.8. The van der Waals surface area contributed by atoms with Gasteiger partial charge in [0.2, 0.25) is 0 Å². The maximum atomic E-state index is 11.7. The molecular formula is C23H28N2O9. The first-order valence-corrected chi connectivity index (χ1v) is 11.3. The first-order chi connectivity index (χ1) is 16.4. The maximum Gasteiger partial charge on any atom is 0.462 e. The van der Waals surface area contributed by atoms with Crippen LogP contribution >= 0.6 is 0 Å². The van der Waals surface area contributed by atoms with Crippen molar-refractivity contribution >= 4 is 29.6 Å². The number of carboxylic acids is 1. The highest BCUT2D eigenvalue weighted by molar-refractivity contribution is 6.31. The molecule has 0 aliphatic carbocycles. The van der Waals surface area contributed by atoms with Crippen molar-refractivity contribution in [1.82, 2.24) is 4.90 Å². The Morgan fingerprint density at radius 3 is 2.32 bits per heavy atom. The Hall–Kier alpha value is -3.47. The average molecular weight is 476 g/mol. The van der Waals surface area contributed by atoms with Crippen molar-refractivity contribution < 1.29 is 43.5 Å². The van der Waals surface area contributed by atoms with Crippen molar-refractivity contribution in [3.63, 3.8) is 0 Å². The molecule has 2 aliphatic heterocycles. The highest BCUT2D eigenvalue weighted by atomic mass is 17.2. The molecule has 0 radical (unpaired) electrons. The molecule has 11 nitrogen and oxygen atoms in total. The summed E-state index contributed by atoms with van der Waals surface area (Å²) in [4.78, 5) is 58.4. The van der Waals surface area contributed by atoms with Crippen molar-refractivity contribution in [1.29, 1.82) is 0 Å². The molecule has 0 bridgehead atoms. The number of carbonyl (C=O) groups is 4. The van der Waals surface area contributed by atoms with E-state index >= 15 is 0 Å². The number of aliphatic imine (C=N–C) groups is 1. The molecule has 1 aromatic carbocycles. The van der Waals surface area contributed by atoms with Crippen LogP contribution in [0.2, 0.25) is 0 Å². The molecule has 184 valence electrons. The first-order valence-electron chi connectivity index (χ1n) is 11.3. The van der Waals surface area contributed by atoms with Crippen molar-refractivity contribution in [2.45, 2.75) is 44.6 Å². The van der Waals surface area contributed by atoms with Gasteiger partial charge in [-0.1, -0.05) is 0 Å². The zero-order valence-corrected chi connectivity index (χ0v) is 18.8. The second kappa shape index (κ2) is 12.7. The lowest BCUT2D eigenvalue weighted by Gasteiger charge is -2.31. The number of aliphatic carboxylic acids is 1. The summed E-state index contributed by atoms with van der Waals surface area (Å²) in [6.45, 7) is 3.67. The summed E-state index contributed by atoms with van der Waals surface area (Å²) >= 11 is 0. The van der Waals surface area contributed by atoms with E-state index in [2.05, 4.69) is 31.8 Å². The number of hydrogen-bond acceptors (Lipinski definition) is 10. The number of esters is 1. The predicted octanol–water partition coefficient (Wildman–Crippen LogP) is 1.52. The van der Waals surface area contributed by atoms with Gasteiger partial charge in [-0.3, -0.25) is 4.99 Å². The van der Waals surface area contributed by atoms with E-state index in [0.29, 0.717) is 32.5 Å². The number of piperidine rings is 1. The summed E-state index contributed by atoms with van der Waals surface area (Å²) in [5, 5.41) is 8.31. The Morgan fingerprint density at radius 2 is 1.68 bits per heavy atom. The molecule has 1 saturated heterocycles. The smallest absolute Gasteiger partial charge is 0.462 e. The van der Waals surface area contributed by atoms with Gasteiger partial charge in [-0.05, 0) is 68.4 Å². The number of nitrogens with zero attached hydrogens (tertiary/aromatic N) is 2. The number of likely N-dealkylation sites (tertiary alicyclic amines) is 1. The molecule has 3 rings (SSSR count). The van der Waals surface area contributed by atoms with Crippen LogP contribution in [-0.4, -0.2) is 78.5 Å². The average Bonchev–Trinajstić information content (AvgIpc) is 2.86. The van der Waals surface area contributed by atoms with Gasteiger partial charge in [0.1, 0.15) is 11.9 Å². The monoisotopic (exact) mass is 476 g/mol. The Bertz CT molecular complexity index is 906. The quantitative estimate of drug-likeness (QED) is 0.202. The topological polar surface area (TPSA) is 141 Å². The SMILES string of the molecule is O=C(O)C(=O)OOC(=O)C(=O)OC1CCN(CCCOc2ccc(C3=NCCCC3)cc2)CC1. The summed E-state index contributed by atoms with van der Waals surface area (Å²) in [5.74, 6) is -5.88. The molecule has 1 aromatic rings. The number of carbonyl (C=O) groups excluding carboxylic acids is 3. The summed E-state index contributed by atoms with van der Waals surface area (Å²) in [5.41, 5.74) is 2.33. The van der Waals surface area contributed by atoms with E-state index in [1.54, 1.807) is 0 Å². The van der Waals surface area contributed by atoms with Crippen molar-refractivity contribution in [2.24, 2.45) is 4.99 Å². The molecule has 0 aromatic heterocycles. The molecule has 34 heavy (non-hydrogen) atoms. The molecule has 2 aliphatic rings. The van der Waals surface area contributed by atoms with Crippen molar-refractivity contribution in [3.8, 4) is 5.75 Å². The van der Waals surface area contributed by atoms with Gasteiger partial charge in [0.15, 0.2) is 0 Å². The lowest BCUT2D eigenvalue weighted by atomic mass is 10.0. The van der Waals surface area contributed by atoms with Gasteiger partial charge in [0.05, 0.1) is 6.61 Å². The van der Waals surface area contributed by atoms with E-state index < -0.39 is 30.0 Å². The summed E-state index contributed by atoms with van der Waals surface area (Å²) in [7, 11) is 0. The zero-order chi connectivity index (χ0) is 24.3. The second-order valence-electron chi connectivity index (χ2n) is 8.00. The minimum Gasteiger partial charge on any atom is -0.494 e. The van der Waals surface area contributed by atoms with E-state index in [9.17, 15) is 19.2 Å². The number of carboxylic acid groups (broad SMARTS) is 1. The summed E-state index contributed by atoms with van der Waals surface area (Å²) < 4.78 is 10.9. The Kier molecular flexibility index (Phi) is 9.39. The number of benzene rings is 1. The van der Waals surface area contributed by atoms with Gasteiger partial charge in [0, 0.05) is 31.9 Å². The van der Waals surface area contributed by atoms with Crippen LogP contribution < -0.4 is 4.74 Å². The fourth-order valence-electron chi connectivity index (χ4n) is 3.75. The Morgan fingerprint density at radius 1 is 0.971 bits per heavy atom. The molecule has 0 unspecified atom stereocenters. The van der Waals surface area contributed by atoms with Gasteiger partial charge >= 0.3 is 23.9 Å². The van der Waals surface area contributed by atoms with Gasteiger partial charge in [-0.15, -0.1) is 0 Å². The van der Waals surface area contributed by atoms with Gasteiger partial charge < -0.3 is 19.5 Å². The standard InChI is InChI=1S/C23H28N2O9/c26-20(27)21(28)33-34-23(30)22(29)32-18-9-13-25(14-10-18)12-3-15-31-17-7-5-16(6-8-17)19-4-1-2-11-24-19/h5-8,18H,1-4,9-15H2,(H,26,27). The zero-order valence-electron chi connectivity index (χ0n) is 18.8. The first kappa shape index (κ1) is 25.2. The van der Waals surface area contributed by atoms with Crippen LogP contribution in [0.15, 0.2) is 29.3 Å². The van der Waals surface area contributed by atoms with Crippen LogP contribution in [0.5, 0.6) is 5.75 Å². The molecular weight excluding hydrogens is 448 g/mol. The largest absolute Gasteiger partial charge is 0.494 e. The number of ether oxygens (including phenoxy) is 2. The van der Waals surface area contributed by atoms with Gasteiger partial charge in [-0.25, -0.2) is 29.0 Å². The van der Waals surface area contributed by atoms with Crippen LogP contribution in [0.3, 0.4) is 0 Å². The maximum absolute atomic E-state index is 11.7. The fourth-order valence-corrected chi connectivity index (χ4v) is 3.75. The summed E-state index contributed by atoms with van der Waals surface area (Å²) in [6.07, 6.45) is 4.80. The second-order valence-corrected chi connectivity index (χ2v) is 8.00. The highest BCUT2D eigenvalue weighted by Gasteiger charge is 2.28. The third-order valence-electron chi connectivity index (χ3n) is 5.54. The lowest BCUT2D eigenvalue weighted by molar-refractivity contribution is -0.259. The molecule has 1 fully saturated rings. The van der Waals surface area contributed by atoms with Crippen LogP contribution in [0.1, 0.15) is 44.1 Å². The minimum atomic E-state index is -1.96. The fraction of sp³-hybridized carbons (Fsp3) is 0.522. The van der Waals surface area contributed by atoms with Crippen LogP contribution in [0.4, 0.5) is 0 Å². The van der Waals surface area contributed by atoms with Gasteiger partial charge in [0.25, 0.3) is 0 Å². The van der Waals surface area contributed by atoms with E-state index in [-0.39, 0.29) is 0 Å². The molecule has 0 saturated carbocycles. The Balaban J connectivity index is 1.28. The van der Waals surface area contributed by atoms with Gasteiger partial charge in [-0.2, -0.15) is 0 Å². The van der Waals surface area contributed by atoms with Crippen LogP contribution in [-0.2, 0) is 33.7 Å². The molecule has 0 spiro atoms. The number of rotatable bonds is 7. The lowest BCUT2D eigenvalue weighted by Crippen LogP contribution is -2.39. The van der Waals surface area contributed by atoms with Crippen molar-refractivity contribution in [3.05, 3.63) is 29.8 Å². The summed E-state index contributed by atoms with van der Waals surface area (Å²) in [6, 6.07) is 8.05. The highest BCUT2D eigenvalue weighted by Crippen LogP contribution is 2.18. The molecule has 11 heteroatoms. The van der Waals surface area contributed by atoms with E-state index in [1.165, 1.54) is 12.1 Å². The van der Waals surface area contributed by atoms with E-state index in [1.807, 2.05) is 12.1 Å². The molecule has 1 N–H and O–H groups in total. The van der Waals surface area contributed by atoms with Crippen LogP contribution in [0, 0.1) is 0 Å². The molecule has 0 amide bonds. The third-order valence-corrected chi connectivity index (χ3v) is 5.54. The minimum absolute atomic E-state index is 0.477. The van der Waals surface area contributed by atoms with Crippen LogP contribution in [0.25, 0.3) is 0 Å². The Labute approximate surface area is 196 Å².